The molecule has 0 spiro atoms. The zero-order valence-electron chi connectivity index (χ0n) is 15.5. The van der Waals surface area contributed by atoms with Crippen LogP contribution in [0.4, 0.5) is 0 Å². The van der Waals surface area contributed by atoms with E-state index in [1.54, 1.807) is 30.0 Å². The van der Waals surface area contributed by atoms with Gasteiger partial charge in [-0.05, 0) is 41.0 Å². The number of benzene rings is 3. The summed E-state index contributed by atoms with van der Waals surface area (Å²) in [5.74, 6) is 2.00. The molecule has 3 aromatic carbocycles. The first-order valence-electron chi connectivity index (χ1n) is 9.19. The maximum absolute atomic E-state index is 6.10. The highest BCUT2D eigenvalue weighted by Gasteiger charge is 2.09. The van der Waals surface area contributed by atoms with Crippen LogP contribution in [0.25, 0.3) is 10.8 Å². The van der Waals surface area contributed by atoms with E-state index in [2.05, 4.69) is 46.6 Å². The van der Waals surface area contributed by atoms with Gasteiger partial charge < -0.3 is 9.15 Å². The van der Waals surface area contributed by atoms with Crippen molar-refractivity contribution in [3.05, 3.63) is 82.2 Å². The van der Waals surface area contributed by atoms with Gasteiger partial charge >= 0.3 is 0 Å². The minimum absolute atomic E-state index is 0.502. The Morgan fingerprint density at radius 2 is 1.83 bits per heavy atom. The molecule has 1 aromatic heterocycles. The Balaban J connectivity index is 1.27. The average Bonchev–Trinajstić information content (AvgIpc) is 3.18. The Morgan fingerprint density at radius 3 is 2.72 bits per heavy atom. The summed E-state index contributed by atoms with van der Waals surface area (Å²) < 4.78 is 11.4. The number of nitrogens with zero attached hydrogens (tertiary/aromatic N) is 2. The molecule has 4 nitrogen and oxygen atoms in total. The van der Waals surface area contributed by atoms with Crippen LogP contribution in [0, 0.1) is 0 Å². The van der Waals surface area contributed by atoms with E-state index in [-0.39, 0.29) is 0 Å². The van der Waals surface area contributed by atoms with Gasteiger partial charge in [-0.25, -0.2) is 0 Å². The van der Waals surface area contributed by atoms with Gasteiger partial charge in [-0.15, -0.1) is 10.2 Å². The van der Waals surface area contributed by atoms with E-state index in [4.69, 9.17) is 32.4 Å². The topological polar surface area (TPSA) is 48.2 Å². The second kappa shape index (κ2) is 9.53. The third kappa shape index (κ3) is 5.24. The summed E-state index contributed by atoms with van der Waals surface area (Å²) in [5.41, 5.74) is 1.25. The van der Waals surface area contributed by atoms with Crippen molar-refractivity contribution in [3.63, 3.8) is 0 Å². The fourth-order valence-corrected chi connectivity index (χ4v) is 4.20. The van der Waals surface area contributed by atoms with E-state index >= 15 is 0 Å². The molecule has 0 fully saturated rings. The minimum Gasteiger partial charge on any atom is -0.492 e. The number of fused-ring (bicyclic) bond motifs is 1. The van der Waals surface area contributed by atoms with Crippen LogP contribution in [0.2, 0.25) is 10.0 Å². The van der Waals surface area contributed by atoms with Crippen LogP contribution in [0.15, 0.2) is 70.3 Å². The lowest BCUT2D eigenvalue weighted by molar-refractivity contribution is 0.302. The van der Waals surface area contributed by atoms with Crippen LogP contribution in [0.3, 0.4) is 0 Å². The summed E-state index contributed by atoms with van der Waals surface area (Å²) in [6, 6.07) is 19.9. The van der Waals surface area contributed by atoms with E-state index in [1.807, 2.05) is 6.07 Å². The standard InChI is InChI=1S/C22H18Cl2N2O2S/c23-17-10-11-20(19(24)13-17)27-12-4-9-21-25-26-22(28-21)29-14-16-7-3-6-15-5-1-2-8-18(15)16/h1-3,5-8,10-11,13H,4,9,12,14H2. The molecule has 1 heterocycles. The summed E-state index contributed by atoms with van der Waals surface area (Å²) in [4.78, 5) is 0. The predicted octanol–water partition coefficient (Wildman–Crippen LogP) is 6.83. The molecule has 0 unspecified atom stereocenters. The molecule has 0 atom stereocenters. The maximum atomic E-state index is 6.10. The van der Waals surface area contributed by atoms with Crippen molar-refractivity contribution in [3.8, 4) is 5.75 Å². The Labute approximate surface area is 183 Å². The van der Waals surface area contributed by atoms with Crippen LogP contribution in [-0.2, 0) is 12.2 Å². The number of rotatable bonds is 8. The number of thioether (sulfide) groups is 1. The molecule has 0 bridgehead atoms. The molecule has 0 aliphatic heterocycles. The summed E-state index contributed by atoms with van der Waals surface area (Å²) in [7, 11) is 0. The van der Waals surface area contributed by atoms with Crippen molar-refractivity contribution in [2.75, 3.05) is 6.61 Å². The summed E-state index contributed by atoms with van der Waals surface area (Å²) in [6.07, 6.45) is 1.39. The fraction of sp³-hybridized carbons (Fsp3) is 0.182. The van der Waals surface area contributed by atoms with Crippen LogP contribution in [0.1, 0.15) is 17.9 Å². The van der Waals surface area contributed by atoms with Crippen molar-refractivity contribution in [1.82, 2.24) is 10.2 Å². The van der Waals surface area contributed by atoms with E-state index in [1.165, 1.54) is 16.3 Å². The molecule has 4 aromatic rings. The van der Waals surface area contributed by atoms with Gasteiger partial charge in [-0.3, -0.25) is 0 Å². The first kappa shape index (κ1) is 20.1. The van der Waals surface area contributed by atoms with Crippen LogP contribution in [0.5, 0.6) is 5.75 Å². The zero-order chi connectivity index (χ0) is 20.1. The summed E-state index contributed by atoms with van der Waals surface area (Å²) in [6.45, 7) is 0.502. The van der Waals surface area contributed by atoms with Gasteiger partial charge in [0.1, 0.15) is 5.75 Å². The zero-order valence-corrected chi connectivity index (χ0v) is 17.8. The summed E-state index contributed by atoms with van der Waals surface area (Å²) >= 11 is 13.5. The van der Waals surface area contributed by atoms with Crippen molar-refractivity contribution in [2.24, 2.45) is 0 Å². The third-order valence-corrected chi connectivity index (χ3v) is 5.76. The average molecular weight is 445 g/mol. The molecular weight excluding hydrogens is 427 g/mol. The Hall–Kier alpha value is -2.21. The van der Waals surface area contributed by atoms with Gasteiger partial charge in [0.25, 0.3) is 5.22 Å². The lowest BCUT2D eigenvalue weighted by Crippen LogP contribution is -2.00. The predicted molar refractivity (Wildman–Crippen MR) is 118 cm³/mol. The molecule has 0 saturated carbocycles. The number of aromatic nitrogens is 2. The van der Waals surface area contributed by atoms with Crippen LogP contribution < -0.4 is 4.74 Å². The second-order valence-electron chi connectivity index (χ2n) is 6.42. The van der Waals surface area contributed by atoms with Gasteiger partial charge in [0.2, 0.25) is 5.89 Å². The van der Waals surface area contributed by atoms with Crippen LogP contribution >= 0.6 is 35.0 Å². The lowest BCUT2D eigenvalue weighted by atomic mass is 10.1. The van der Waals surface area contributed by atoms with Gasteiger partial charge in [0, 0.05) is 17.2 Å². The monoisotopic (exact) mass is 444 g/mol. The van der Waals surface area contributed by atoms with Crippen molar-refractivity contribution < 1.29 is 9.15 Å². The summed E-state index contributed by atoms with van der Waals surface area (Å²) in [5, 5.41) is 12.4. The highest BCUT2D eigenvalue weighted by molar-refractivity contribution is 7.98. The molecule has 7 heteroatoms. The maximum Gasteiger partial charge on any atom is 0.276 e. The van der Waals surface area contributed by atoms with E-state index in [0.717, 1.165) is 12.2 Å². The molecule has 0 amide bonds. The van der Waals surface area contributed by atoms with Crippen molar-refractivity contribution in [1.29, 1.82) is 0 Å². The Morgan fingerprint density at radius 1 is 0.966 bits per heavy atom. The largest absolute Gasteiger partial charge is 0.492 e. The quantitative estimate of drug-likeness (QED) is 0.220. The highest BCUT2D eigenvalue weighted by Crippen LogP contribution is 2.28. The smallest absolute Gasteiger partial charge is 0.276 e. The van der Waals surface area contributed by atoms with E-state index in [0.29, 0.717) is 39.9 Å². The number of halogens is 2. The fourth-order valence-electron chi connectivity index (χ4n) is 2.95. The molecule has 0 N–H and O–H groups in total. The third-order valence-electron chi connectivity index (χ3n) is 4.37. The van der Waals surface area contributed by atoms with Crippen molar-refractivity contribution >= 4 is 45.7 Å². The van der Waals surface area contributed by atoms with Gasteiger partial charge in [-0.2, -0.15) is 0 Å². The van der Waals surface area contributed by atoms with Gasteiger partial charge in [0.05, 0.1) is 11.6 Å². The first-order valence-corrected chi connectivity index (χ1v) is 10.9. The van der Waals surface area contributed by atoms with Gasteiger partial charge in [0.15, 0.2) is 0 Å². The molecule has 0 saturated heterocycles. The first-order chi connectivity index (χ1) is 14.2. The molecule has 148 valence electrons. The Bertz CT molecular complexity index is 1110. The Kier molecular flexibility index (Phi) is 6.60. The molecule has 0 aliphatic carbocycles. The normalized spacial score (nSPS) is 11.1. The van der Waals surface area contributed by atoms with Crippen molar-refractivity contribution in [2.45, 2.75) is 23.8 Å². The molecule has 0 aliphatic rings. The highest BCUT2D eigenvalue weighted by atomic mass is 35.5. The molecule has 4 rings (SSSR count). The number of hydrogen-bond donors (Lipinski definition) is 0. The van der Waals surface area contributed by atoms with Crippen LogP contribution in [-0.4, -0.2) is 16.8 Å². The van der Waals surface area contributed by atoms with E-state index < -0.39 is 0 Å². The van der Waals surface area contributed by atoms with E-state index in [9.17, 15) is 0 Å². The number of ether oxygens (including phenoxy) is 1. The number of aryl methyl sites for hydroxylation is 1. The molecular formula is C22H18Cl2N2O2S. The van der Waals surface area contributed by atoms with Gasteiger partial charge in [-0.1, -0.05) is 77.4 Å². The minimum atomic E-state index is 0.502. The lowest BCUT2D eigenvalue weighted by Gasteiger charge is -2.07. The number of hydrogen-bond acceptors (Lipinski definition) is 5. The second-order valence-corrected chi connectivity index (χ2v) is 8.19. The molecule has 0 radical (unpaired) electrons. The molecule has 29 heavy (non-hydrogen) atoms. The SMILES string of the molecule is Clc1ccc(OCCCc2nnc(SCc3cccc4ccccc34)o2)c(Cl)c1.